The number of para-hydroxylation sites is 1. The molecule has 6 nitrogen and oxygen atoms in total. The Morgan fingerprint density at radius 1 is 0.971 bits per heavy atom. The third-order valence-corrected chi connectivity index (χ3v) is 7.45. The van der Waals surface area contributed by atoms with Crippen molar-refractivity contribution in [2.24, 2.45) is 5.10 Å². The number of amides is 2. The van der Waals surface area contributed by atoms with E-state index in [4.69, 9.17) is 22.1 Å². The van der Waals surface area contributed by atoms with Crippen LogP contribution in [0.15, 0.2) is 84.0 Å². The summed E-state index contributed by atoms with van der Waals surface area (Å²) in [6.45, 7) is 2.04. The Morgan fingerprint density at radius 3 is 2.34 bits per heavy atom. The van der Waals surface area contributed by atoms with Gasteiger partial charge in [0.2, 0.25) is 11.8 Å². The molecule has 3 aromatic carbocycles. The first-order valence-corrected chi connectivity index (χ1v) is 12.5. The molecule has 8 heteroatoms. The van der Waals surface area contributed by atoms with Gasteiger partial charge in [0, 0.05) is 17.9 Å². The van der Waals surface area contributed by atoms with E-state index in [1.807, 2.05) is 61.5 Å². The van der Waals surface area contributed by atoms with Gasteiger partial charge in [-0.25, -0.2) is 9.91 Å². The smallest absolute Gasteiger partial charge is 0.247 e. The van der Waals surface area contributed by atoms with Gasteiger partial charge in [-0.3, -0.25) is 15.0 Å². The highest BCUT2D eigenvalue weighted by Gasteiger charge is 2.42. The maximum Gasteiger partial charge on any atom is 0.247 e. The molecule has 2 aliphatic rings. The number of carbonyl (C=O) groups excluding carboxylic acids is 2. The van der Waals surface area contributed by atoms with Gasteiger partial charge >= 0.3 is 0 Å². The maximum absolute atomic E-state index is 13.1. The first kappa shape index (κ1) is 23.3. The van der Waals surface area contributed by atoms with Crippen LogP contribution in [-0.4, -0.2) is 33.0 Å². The minimum Gasteiger partial charge on any atom is -0.277 e. The monoisotopic (exact) mass is 502 g/mol. The minimum atomic E-state index is -0.667. The lowest BCUT2D eigenvalue weighted by atomic mass is 9.98. The topological polar surface area (TPSA) is 76.8 Å². The Hall–Kier alpha value is -3.42. The molecule has 3 aromatic rings. The van der Waals surface area contributed by atoms with E-state index in [1.165, 1.54) is 4.90 Å². The fourth-order valence-electron chi connectivity index (χ4n) is 4.30. The number of thioether (sulfide) groups is 1. The van der Waals surface area contributed by atoms with E-state index in [2.05, 4.69) is 0 Å². The highest BCUT2D eigenvalue weighted by Crippen LogP contribution is 2.38. The molecule has 176 valence electrons. The summed E-state index contributed by atoms with van der Waals surface area (Å²) >= 11 is 7.18. The van der Waals surface area contributed by atoms with Crippen molar-refractivity contribution in [1.29, 1.82) is 5.41 Å². The number of hydrazone groups is 1. The van der Waals surface area contributed by atoms with E-state index in [0.717, 1.165) is 34.2 Å². The molecule has 0 aliphatic carbocycles. The number of benzene rings is 3. The number of anilines is 1. The zero-order chi connectivity index (χ0) is 24.5. The summed E-state index contributed by atoms with van der Waals surface area (Å²) in [5.41, 5.74) is 4.56. The molecule has 2 amide bonds. The Kier molecular flexibility index (Phi) is 6.45. The van der Waals surface area contributed by atoms with Crippen molar-refractivity contribution in [1.82, 2.24) is 5.01 Å². The Balaban J connectivity index is 1.40. The molecule has 1 N–H and O–H groups in total. The van der Waals surface area contributed by atoms with E-state index in [-0.39, 0.29) is 29.4 Å². The first-order chi connectivity index (χ1) is 16.9. The lowest BCUT2D eigenvalue weighted by Gasteiger charge is -2.24. The molecule has 35 heavy (non-hydrogen) atoms. The lowest BCUT2D eigenvalue weighted by Crippen LogP contribution is -2.32. The highest BCUT2D eigenvalue weighted by molar-refractivity contribution is 8.14. The second-order valence-electron chi connectivity index (χ2n) is 8.55. The molecule has 0 bridgehead atoms. The van der Waals surface area contributed by atoms with Crippen LogP contribution in [0.3, 0.4) is 0 Å². The van der Waals surface area contributed by atoms with E-state index in [9.17, 15) is 9.59 Å². The summed E-state index contributed by atoms with van der Waals surface area (Å²) in [5.74, 6) is -0.563. The molecule has 1 fully saturated rings. The summed E-state index contributed by atoms with van der Waals surface area (Å²) in [6.07, 6.45) is 0.663. The van der Waals surface area contributed by atoms with Gasteiger partial charge in [-0.2, -0.15) is 5.10 Å². The Labute approximate surface area is 213 Å². The van der Waals surface area contributed by atoms with Crippen molar-refractivity contribution in [2.75, 3.05) is 4.90 Å². The molecule has 2 atom stereocenters. The molecule has 1 saturated heterocycles. The first-order valence-electron chi connectivity index (χ1n) is 11.3. The normalized spacial score (nSPS) is 19.9. The van der Waals surface area contributed by atoms with Crippen molar-refractivity contribution in [3.05, 3.63) is 101 Å². The van der Waals surface area contributed by atoms with E-state index >= 15 is 0 Å². The average Bonchev–Trinajstić information content (AvgIpc) is 3.42. The molecule has 2 aliphatic heterocycles. The molecular formula is C27H23ClN4O2S. The Bertz CT molecular complexity index is 1310. The van der Waals surface area contributed by atoms with Crippen LogP contribution in [-0.2, 0) is 9.59 Å². The van der Waals surface area contributed by atoms with Crippen LogP contribution < -0.4 is 4.90 Å². The van der Waals surface area contributed by atoms with E-state index in [0.29, 0.717) is 17.1 Å². The highest BCUT2D eigenvalue weighted by atomic mass is 35.5. The molecule has 0 radical (unpaired) electrons. The molecular weight excluding hydrogens is 480 g/mol. The van der Waals surface area contributed by atoms with Gasteiger partial charge in [-0.15, -0.1) is 0 Å². The molecule has 2 heterocycles. The van der Waals surface area contributed by atoms with Crippen molar-refractivity contribution in [3.63, 3.8) is 0 Å². The number of hydrogen-bond donors (Lipinski definition) is 1. The zero-order valence-corrected chi connectivity index (χ0v) is 20.6. The van der Waals surface area contributed by atoms with Gasteiger partial charge in [0.1, 0.15) is 5.25 Å². The third-order valence-electron chi connectivity index (χ3n) is 6.13. The summed E-state index contributed by atoms with van der Waals surface area (Å²) in [7, 11) is 0. The van der Waals surface area contributed by atoms with Crippen LogP contribution >= 0.6 is 23.4 Å². The second-order valence-corrected chi connectivity index (χ2v) is 10.2. The van der Waals surface area contributed by atoms with Gasteiger partial charge in [-0.05, 0) is 42.3 Å². The number of nitrogens with zero attached hydrogens (tertiary/aromatic N) is 3. The minimum absolute atomic E-state index is 0.0504. The van der Waals surface area contributed by atoms with Gasteiger partial charge in [-0.1, -0.05) is 83.5 Å². The molecule has 0 aromatic heterocycles. The largest absolute Gasteiger partial charge is 0.277 e. The predicted octanol–water partition coefficient (Wildman–Crippen LogP) is 5.80. The number of halogens is 1. The number of amidine groups is 1. The number of hydrogen-bond acceptors (Lipinski definition) is 5. The third kappa shape index (κ3) is 4.74. The summed E-state index contributed by atoms with van der Waals surface area (Å²) in [5, 5.41) is 15.4. The number of nitrogens with one attached hydrogen (secondary N) is 1. The molecule has 0 spiro atoms. The van der Waals surface area contributed by atoms with Crippen LogP contribution in [0.1, 0.15) is 35.6 Å². The molecule has 5 rings (SSSR count). The summed E-state index contributed by atoms with van der Waals surface area (Å²) < 4.78 is 0. The number of carbonyl (C=O) groups is 2. The molecule has 0 unspecified atom stereocenters. The Morgan fingerprint density at radius 2 is 1.66 bits per heavy atom. The number of imide groups is 1. The van der Waals surface area contributed by atoms with E-state index in [1.54, 1.807) is 29.3 Å². The van der Waals surface area contributed by atoms with Crippen LogP contribution in [0.25, 0.3) is 0 Å². The SMILES string of the molecule is Cc1ccc(C2=NN(C(=N)S[C@H]3CC(=O)N(c4ccccc4)C3=O)[C@H](c3ccc(Cl)cc3)C2)cc1. The van der Waals surface area contributed by atoms with Crippen molar-refractivity contribution >= 4 is 51.7 Å². The van der Waals surface area contributed by atoms with Gasteiger partial charge in [0.15, 0.2) is 5.17 Å². The van der Waals surface area contributed by atoms with Crippen molar-refractivity contribution < 1.29 is 9.59 Å². The standard InChI is InChI=1S/C27H23ClN4O2S/c1-17-7-9-18(10-8-17)22-15-23(19-11-13-20(28)14-12-19)32(30-22)27(29)35-24-16-25(33)31(26(24)34)21-5-3-2-4-6-21/h2-14,23-24,29H,15-16H2,1H3/t23-,24-/m0/s1. The van der Waals surface area contributed by atoms with Crippen molar-refractivity contribution in [2.45, 2.75) is 31.1 Å². The maximum atomic E-state index is 13.1. The fraction of sp³-hybridized carbons (Fsp3) is 0.185. The van der Waals surface area contributed by atoms with Crippen molar-refractivity contribution in [3.8, 4) is 0 Å². The summed E-state index contributed by atoms with van der Waals surface area (Å²) in [6, 6.07) is 24.4. The van der Waals surface area contributed by atoms with Crippen LogP contribution in [0.5, 0.6) is 0 Å². The van der Waals surface area contributed by atoms with Crippen LogP contribution in [0, 0.1) is 12.3 Å². The average molecular weight is 503 g/mol. The fourth-order valence-corrected chi connectivity index (χ4v) is 5.40. The quantitative estimate of drug-likeness (QED) is 0.278. The van der Waals surface area contributed by atoms with Crippen LogP contribution in [0.4, 0.5) is 5.69 Å². The molecule has 0 saturated carbocycles. The zero-order valence-electron chi connectivity index (χ0n) is 19.0. The number of rotatable bonds is 4. The van der Waals surface area contributed by atoms with Crippen LogP contribution in [0.2, 0.25) is 5.02 Å². The van der Waals surface area contributed by atoms with E-state index < -0.39 is 5.25 Å². The second kappa shape index (κ2) is 9.68. The predicted molar refractivity (Wildman–Crippen MR) is 141 cm³/mol. The van der Waals surface area contributed by atoms with Gasteiger partial charge < -0.3 is 0 Å². The van der Waals surface area contributed by atoms with Gasteiger partial charge in [0.25, 0.3) is 0 Å². The van der Waals surface area contributed by atoms with Gasteiger partial charge in [0.05, 0.1) is 17.4 Å². The number of aryl methyl sites for hydroxylation is 1. The summed E-state index contributed by atoms with van der Waals surface area (Å²) in [4.78, 5) is 27.0. The lowest BCUT2D eigenvalue weighted by molar-refractivity contribution is -0.121.